The number of likely N-dealkylation sites (tertiary alicyclic amines) is 2. The molecule has 0 radical (unpaired) electrons. The maximum absolute atomic E-state index is 14.1. The number of rotatable bonds is 10. The number of carbonyl (C=O) groups excluding carboxylic acids is 3. The molecule has 3 atom stereocenters. The number of aromatic nitrogens is 2. The fourth-order valence-electron chi connectivity index (χ4n) is 7.81. The van der Waals surface area contributed by atoms with Gasteiger partial charge in [-0.15, -0.1) is 22.7 Å². The SMILES string of the molecule is CC(C)(C)OC(=O)N[C@@H](C(=O)N1CCC[C@H]1c1ncc(-c2ccc(-c3ccc(-c4cnc([C@@H]5CCCN5C(=O)Cc5ccccc5)s4)cc3)cc2)s1)c1ccccc1. The summed E-state index contributed by atoms with van der Waals surface area (Å²) in [5.41, 5.74) is 5.45. The van der Waals surface area contributed by atoms with E-state index in [1.165, 1.54) is 0 Å². The lowest BCUT2D eigenvalue weighted by molar-refractivity contribution is -0.134. The molecule has 9 nitrogen and oxygen atoms in total. The first-order valence-corrected chi connectivity index (χ1v) is 21.5. The first kappa shape index (κ1) is 39.2. The van der Waals surface area contributed by atoms with Gasteiger partial charge in [-0.1, -0.05) is 109 Å². The fourth-order valence-corrected chi connectivity index (χ4v) is 9.95. The molecule has 0 bridgehead atoms. The Balaban J connectivity index is 0.919. The average molecular weight is 810 g/mol. The standard InChI is InChI=1S/C47H47N5O4S2/c1-47(2,3)56-46(55)50-42(36-14-8-5-9-15-36)45(54)52-27-11-17-38(52)44-49-30-40(58-44)35-24-20-33(21-25-35)32-18-22-34(23-19-32)39-29-48-43(57-39)37-16-10-26-51(37)41(53)28-31-12-6-4-7-13-31/h4-9,12-15,18-25,29-30,37-38,42H,10-11,16-17,26-28H2,1-3H3,(H,50,55)/t37-,38-,42+/m0/s1. The molecule has 58 heavy (non-hydrogen) atoms. The Hall–Kier alpha value is -5.65. The van der Waals surface area contributed by atoms with E-state index >= 15 is 0 Å². The highest BCUT2D eigenvalue weighted by atomic mass is 32.1. The Morgan fingerprint density at radius 2 is 1.17 bits per heavy atom. The Bertz CT molecular complexity index is 2350. The van der Waals surface area contributed by atoms with Crippen LogP contribution in [0.4, 0.5) is 4.79 Å². The molecular weight excluding hydrogens is 763 g/mol. The first-order valence-electron chi connectivity index (χ1n) is 19.9. The Kier molecular flexibility index (Phi) is 11.5. The third-order valence-corrected chi connectivity index (χ3v) is 12.9. The molecule has 0 unspecified atom stereocenters. The summed E-state index contributed by atoms with van der Waals surface area (Å²) in [6.07, 6.45) is 7.21. The predicted molar refractivity (Wildman–Crippen MR) is 230 cm³/mol. The Morgan fingerprint density at radius 3 is 1.71 bits per heavy atom. The van der Waals surface area contributed by atoms with Crippen LogP contribution in [0.1, 0.15) is 85.7 Å². The molecule has 4 heterocycles. The van der Waals surface area contributed by atoms with E-state index in [0.717, 1.165) is 79.8 Å². The number of carbonyl (C=O) groups is 3. The Morgan fingerprint density at radius 1 is 0.690 bits per heavy atom. The second kappa shape index (κ2) is 17.1. The van der Waals surface area contributed by atoms with Gasteiger partial charge in [0.15, 0.2) is 0 Å². The third kappa shape index (κ3) is 8.90. The lowest BCUT2D eigenvalue weighted by Gasteiger charge is -2.29. The van der Waals surface area contributed by atoms with E-state index in [0.29, 0.717) is 18.5 Å². The summed E-state index contributed by atoms with van der Waals surface area (Å²) in [7, 11) is 0. The van der Waals surface area contributed by atoms with Crippen LogP contribution in [0.15, 0.2) is 122 Å². The monoisotopic (exact) mass is 809 g/mol. The summed E-state index contributed by atoms with van der Waals surface area (Å²) in [6.45, 7) is 6.77. The van der Waals surface area contributed by atoms with Crippen LogP contribution >= 0.6 is 22.7 Å². The van der Waals surface area contributed by atoms with Gasteiger partial charge in [0.1, 0.15) is 21.7 Å². The zero-order valence-electron chi connectivity index (χ0n) is 33.0. The van der Waals surface area contributed by atoms with Crippen molar-refractivity contribution in [3.8, 4) is 32.0 Å². The van der Waals surface area contributed by atoms with Crippen molar-refractivity contribution in [3.05, 3.63) is 143 Å². The van der Waals surface area contributed by atoms with Gasteiger partial charge in [-0.3, -0.25) is 9.59 Å². The van der Waals surface area contributed by atoms with Crippen molar-refractivity contribution in [2.45, 2.75) is 76.6 Å². The van der Waals surface area contributed by atoms with Crippen LogP contribution in [0, 0.1) is 0 Å². The molecule has 2 saturated heterocycles. The smallest absolute Gasteiger partial charge is 0.408 e. The summed E-state index contributed by atoms with van der Waals surface area (Å²) in [4.78, 5) is 55.8. The minimum absolute atomic E-state index is 0.0297. The number of hydrogen-bond donors (Lipinski definition) is 1. The van der Waals surface area contributed by atoms with Crippen molar-refractivity contribution >= 4 is 40.6 Å². The second-order valence-corrected chi connectivity index (χ2v) is 18.0. The number of nitrogens with one attached hydrogen (secondary N) is 1. The van der Waals surface area contributed by atoms with Gasteiger partial charge < -0.3 is 19.9 Å². The van der Waals surface area contributed by atoms with Crippen LogP contribution in [0.2, 0.25) is 0 Å². The number of nitrogens with zero attached hydrogens (tertiary/aromatic N) is 4. The van der Waals surface area contributed by atoms with E-state index in [1.807, 2.05) is 82.9 Å². The van der Waals surface area contributed by atoms with E-state index < -0.39 is 17.7 Å². The molecule has 11 heteroatoms. The molecule has 6 aromatic rings. The summed E-state index contributed by atoms with van der Waals surface area (Å²) in [6, 6.07) is 35.3. The molecule has 4 aromatic carbocycles. The summed E-state index contributed by atoms with van der Waals surface area (Å²) >= 11 is 3.28. The van der Waals surface area contributed by atoms with Gasteiger partial charge in [-0.05, 0) is 79.8 Å². The van der Waals surface area contributed by atoms with Crippen LogP contribution in [0.25, 0.3) is 32.0 Å². The topological polar surface area (TPSA) is 105 Å². The van der Waals surface area contributed by atoms with Crippen molar-refractivity contribution in [2.24, 2.45) is 0 Å². The highest BCUT2D eigenvalue weighted by Crippen LogP contribution is 2.40. The predicted octanol–water partition coefficient (Wildman–Crippen LogP) is 10.4. The number of ether oxygens (including phenoxy) is 1. The largest absolute Gasteiger partial charge is 0.444 e. The van der Waals surface area contributed by atoms with Crippen LogP contribution in [0.3, 0.4) is 0 Å². The lowest BCUT2D eigenvalue weighted by Crippen LogP contribution is -2.44. The van der Waals surface area contributed by atoms with Gasteiger partial charge in [0.05, 0.1) is 28.3 Å². The molecule has 0 aliphatic carbocycles. The van der Waals surface area contributed by atoms with Crippen LogP contribution in [-0.4, -0.2) is 56.4 Å². The van der Waals surface area contributed by atoms with Gasteiger partial charge in [0.25, 0.3) is 5.91 Å². The van der Waals surface area contributed by atoms with Gasteiger partial charge in [-0.2, -0.15) is 0 Å². The molecular formula is C47H47N5O4S2. The molecule has 1 N–H and O–H groups in total. The zero-order valence-corrected chi connectivity index (χ0v) is 34.6. The minimum Gasteiger partial charge on any atom is -0.444 e. The fraction of sp³-hybridized carbons (Fsp3) is 0.298. The van der Waals surface area contributed by atoms with Crippen LogP contribution in [-0.2, 0) is 20.7 Å². The Labute approximate surface area is 347 Å². The quantitative estimate of drug-likeness (QED) is 0.148. The molecule has 3 amide bonds. The molecule has 8 rings (SSSR count). The summed E-state index contributed by atoms with van der Waals surface area (Å²) in [5.74, 6) is -0.0127. The maximum Gasteiger partial charge on any atom is 0.408 e. The van der Waals surface area contributed by atoms with E-state index in [9.17, 15) is 14.4 Å². The zero-order chi connectivity index (χ0) is 40.2. The molecule has 2 aromatic heterocycles. The van der Waals surface area contributed by atoms with E-state index in [2.05, 4.69) is 53.8 Å². The molecule has 2 fully saturated rings. The average Bonchev–Trinajstić information content (AvgIpc) is 4.07. The van der Waals surface area contributed by atoms with E-state index in [-0.39, 0.29) is 23.9 Å². The van der Waals surface area contributed by atoms with Gasteiger partial charge in [-0.25, -0.2) is 14.8 Å². The number of benzene rings is 4. The van der Waals surface area contributed by atoms with E-state index in [4.69, 9.17) is 14.7 Å². The maximum atomic E-state index is 14.1. The molecule has 0 saturated carbocycles. The highest BCUT2D eigenvalue weighted by molar-refractivity contribution is 7.15. The molecule has 0 spiro atoms. The van der Waals surface area contributed by atoms with Gasteiger partial charge in [0, 0.05) is 25.5 Å². The summed E-state index contributed by atoms with van der Waals surface area (Å²) in [5, 5.41) is 4.72. The minimum atomic E-state index is -0.873. The number of thiazole rings is 2. The van der Waals surface area contributed by atoms with Crippen LogP contribution in [0.5, 0.6) is 0 Å². The van der Waals surface area contributed by atoms with Gasteiger partial charge >= 0.3 is 6.09 Å². The third-order valence-electron chi connectivity index (χ3n) is 10.6. The highest BCUT2D eigenvalue weighted by Gasteiger charge is 2.38. The first-order chi connectivity index (χ1) is 28.1. The van der Waals surface area contributed by atoms with Gasteiger partial charge in [0.2, 0.25) is 5.91 Å². The lowest BCUT2D eigenvalue weighted by atomic mass is 10.0. The molecule has 2 aliphatic rings. The summed E-state index contributed by atoms with van der Waals surface area (Å²) < 4.78 is 5.52. The number of alkyl carbamates (subject to hydrolysis) is 1. The normalized spacial score (nSPS) is 17.3. The van der Waals surface area contributed by atoms with Crippen LogP contribution < -0.4 is 5.32 Å². The molecule has 296 valence electrons. The van der Waals surface area contributed by atoms with Crippen molar-refractivity contribution in [2.75, 3.05) is 13.1 Å². The number of hydrogen-bond acceptors (Lipinski definition) is 8. The van der Waals surface area contributed by atoms with Crippen molar-refractivity contribution in [1.82, 2.24) is 25.1 Å². The van der Waals surface area contributed by atoms with Crippen molar-refractivity contribution in [3.63, 3.8) is 0 Å². The molecule has 2 aliphatic heterocycles. The van der Waals surface area contributed by atoms with E-state index in [1.54, 1.807) is 43.4 Å². The van der Waals surface area contributed by atoms with Crippen molar-refractivity contribution in [1.29, 1.82) is 0 Å². The second-order valence-electron chi connectivity index (χ2n) is 15.9. The number of amides is 3. The van der Waals surface area contributed by atoms with Crippen molar-refractivity contribution < 1.29 is 19.1 Å².